The van der Waals surface area contributed by atoms with Crippen LogP contribution in [0.1, 0.15) is 34.3 Å². The molecule has 1 aliphatic heterocycles. The van der Waals surface area contributed by atoms with Gasteiger partial charge in [0, 0.05) is 11.3 Å². The van der Waals surface area contributed by atoms with Crippen molar-refractivity contribution >= 4 is 23.3 Å². The Bertz CT molecular complexity index is 891. The molecule has 0 N–H and O–H groups in total. The van der Waals surface area contributed by atoms with Gasteiger partial charge in [0.05, 0.1) is 17.7 Å². The molecule has 134 valence electrons. The third-order valence-electron chi connectivity index (χ3n) is 3.77. The second-order valence-corrected chi connectivity index (χ2v) is 5.53. The number of carbonyl (C=O) groups excluding carboxylic acids is 1. The zero-order valence-corrected chi connectivity index (χ0v) is 13.3. The highest BCUT2D eigenvalue weighted by atomic mass is 19.3. The number of rotatable bonds is 5. The van der Waals surface area contributed by atoms with Crippen molar-refractivity contribution in [2.24, 2.45) is 4.99 Å². The standard InChI is InChI=1S/C19H13F4NO2/c20-18(21)14-8-6-11(9-17(14)26-19(22)23)5-7-12-10-16(25)13-3-1-2-4-15(13)24-12/h1-9,18-19H,10H2/b7-5+. The molecule has 3 nitrogen and oxygen atoms in total. The summed E-state index contributed by atoms with van der Waals surface area (Å²) in [5.74, 6) is -0.658. The predicted molar refractivity (Wildman–Crippen MR) is 89.5 cm³/mol. The average molecular weight is 363 g/mol. The van der Waals surface area contributed by atoms with Crippen LogP contribution in [0.4, 0.5) is 23.2 Å². The maximum absolute atomic E-state index is 12.9. The van der Waals surface area contributed by atoms with Gasteiger partial charge in [-0.2, -0.15) is 8.78 Å². The van der Waals surface area contributed by atoms with E-state index in [1.807, 2.05) is 0 Å². The van der Waals surface area contributed by atoms with E-state index in [0.29, 0.717) is 22.5 Å². The van der Waals surface area contributed by atoms with Crippen molar-refractivity contribution in [3.63, 3.8) is 0 Å². The van der Waals surface area contributed by atoms with Crippen LogP contribution in [0.2, 0.25) is 0 Å². The molecule has 0 saturated carbocycles. The molecule has 0 unspecified atom stereocenters. The number of allylic oxidation sites excluding steroid dienone is 1. The highest BCUT2D eigenvalue weighted by molar-refractivity contribution is 6.19. The fraction of sp³-hybridized carbons (Fsp3) is 0.158. The molecule has 0 amide bonds. The Labute approximate surface area is 146 Å². The van der Waals surface area contributed by atoms with Crippen LogP contribution in [0.25, 0.3) is 6.08 Å². The number of halogens is 4. The highest BCUT2D eigenvalue weighted by Crippen LogP contribution is 2.32. The Morgan fingerprint density at radius 3 is 2.54 bits per heavy atom. The van der Waals surface area contributed by atoms with Crippen LogP contribution < -0.4 is 4.74 Å². The van der Waals surface area contributed by atoms with Crippen LogP contribution in [-0.2, 0) is 0 Å². The van der Waals surface area contributed by atoms with Crippen LogP contribution in [0.5, 0.6) is 5.75 Å². The van der Waals surface area contributed by atoms with Gasteiger partial charge in [-0.3, -0.25) is 9.79 Å². The third kappa shape index (κ3) is 3.99. The number of aliphatic imine (C=N–C) groups is 1. The smallest absolute Gasteiger partial charge is 0.387 e. The van der Waals surface area contributed by atoms with Crippen LogP contribution in [0.15, 0.2) is 53.5 Å². The molecule has 1 aliphatic rings. The number of ketones is 1. The summed E-state index contributed by atoms with van der Waals surface area (Å²) >= 11 is 0. The van der Waals surface area contributed by atoms with Gasteiger partial charge in [0.15, 0.2) is 5.78 Å². The molecule has 0 saturated heterocycles. The molecule has 7 heteroatoms. The van der Waals surface area contributed by atoms with E-state index in [2.05, 4.69) is 9.73 Å². The van der Waals surface area contributed by atoms with E-state index in [4.69, 9.17) is 0 Å². The lowest BCUT2D eigenvalue weighted by atomic mass is 9.99. The van der Waals surface area contributed by atoms with Crippen LogP contribution >= 0.6 is 0 Å². The SMILES string of the molecule is O=C1CC(/C=C/c2ccc(C(F)F)c(OC(F)F)c2)=Nc2ccccc21. The van der Waals surface area contributed by atoms with Gasteiger partial charge in [-0.05, 0) is 35.9 Å². The van der Waals surface area contributed by atoms with E-state index < -0.39 is 24.3 Å². The number of benzene rings is 2. The number of para-hydroxylation sites is 1. The first-order valence-electron chi connectivity index (χ1n) is 7.69. The number of ether oxygens (including phenoxy) is 1. The van der Waals surface area contributed by atoms with Crippen molar-refractivity contribution in [2.45, 2.75) is 19.5 Å². The zero-order chi connectivity index (χ0) is 18.7. The first kappa shape index (κ1) is 17.8. The molecule has 0 bridgehead atoms. The number of carbonyl (C=O) groups is 1. The van der Waals surface area contributed by atoms with Crippen molar-refractivity contribution in [1.82, 2.24) is 0 Å². The number of alkyl halides is 4. The number of fused-ring (bicyclic) bond motifs is 1. The predicted octanol–water partition coefficient (Wildman–Crippen LogP) is 5.60. The molecule has 0 spiro atoms. The molecule has 0 radical (unpaired) electrons. The van der Waals surface area contributed by atoms with E-state index in [1.165, 1.54) is 12.1 Å². The van der Waals surface area contributed by atoms with E-state index in [0.717, 1.165) is 12.1 Å². The lowest BCUT2D eigenvalue weighted by Crippen LogP contribution is -2.11. The highest BCUT2D eigenvalue weighted by Gasteiger charge is 2.19. The van der Waals surface area contributed by atoms with Crippen molar-refractivity contribution in [1.29, 1.82) is 0 Å². The molecule has 0 aromatic heterocycles. The van der Waals surface area contributed by atoms with Gasteiger partial charge < -0.3 is 4.74 Å². The van der Waals surface area contributed by atoms with Gasteiger partial charge in [0.2, 0.25) is 0 Å². The molecule has 26 heavy (non-hydrogen) atoms. The minimum absolute atomic E-state index is 0.0787. The van der Waals surface area contributed by atoms with Gasteiger partial charge in [-0.25, -0.2) is 8.78 Å². The fourth-order valence-electron chi connectivity index (χ4n) is 2.58. The second kappa shape index (κ2) is 7.51. The summed E-state index contributed by atoms with van der Waals surface area (Å²) in [6.45, 7) is -3.21. The molecule has 0 atom stereocenters. The summed E-state index contributed by atoms with van der Waals surface area (Å²) in [6.07, 6.45) is 0.229. The van der Waals surface area contributed by atoms with Gasteiger partial charge in [-0.1, -0.05) is 24.3 Å². The molecular weight excluding hydrogens is 350 g/mol. The van der Waals surface area contributed by atoms with Gasteiger partial charge >= 0.3 is 6.61 Å². The summed E-state index contributed by atoms with van der Waals surface area (Å²) in [7, 11) is 0. The first-order chi connectivity index (χ1) is 12.4. The lowest BCUT2D eigenvalue weighted by Gasteiger charge is -2.12. The summed E-state index contributed by atoms with van der Waals surface area (Å²) < 4.78 is 54.7. The number of Topliss-reactive ketones (excluding diaryl/α,β-unsaturated/α-hetero) is 1. The quantitative estimate of drug-likeness (QED) is 0.649. The Kier molecular flexibility index (Phi) is 5.16. The maximum Gasteiger partial charge on any atom is 0.387 e. The number of hydrogen-bond acceptors (Lipinski definition) is 3. The zero-order valence-electron chi connectivity index (χ0n) is 13.3. The van der Waals surface area contributed by atoms with E-state index in [9.17, 15) is 22.4 Å². The van der Waals surface area contributed by atoms with Gasteiger partial charge in [0.1, 0.15) is 5.75 Å². The van der Waals surface area contributed by atoms with E-state index >= 15 is 0 Å². The third-order valence-corrected chi connectivity index (χ3v) is 3.77. The van der Waals surface area contributed by atoms with Gasteiger partial charge in [-0.15, -0.1) is 0 Å². The van der Waals surface area contributed by atoms with Crippen molar-refractivity contribution in [2.75, 3.05) is 0 Å². The van der Waals surface area contributed by atoms with Crippen LogP contribution in [0, 0.1) is 0 Å². The van der Waals surface area contributed by atoms with E-state index in [-0.39, 0.29) is 12.2 Å². The van der Waals surface area contributed by atoms with Crippen LogP contribution in [0.3, 0.4) is 0 Å². The average Bonchev–Trinajstić information content (AvgIpc) is 2.59. The molecule has 2 aromatic carbocycles. The van der Waals surface area contributed by atoms with Crippen LogP contribution in [-0.4, -0.2) is 18.1 Å². The molecule has 1 heterocycles. The summed E-state index contributed by atoms with van der Waals surface area (Å²) in [5, 5.41) is 0. The summed E-state index contributed by atoms with van der Waals surface area (Å²) in [5.41, 5.74) is 1.35. The Balaban J connectivity index is 1.87. The largest absolute Gasteiger partial charge is 0.434 e. The molecule has 0 fully saturated rings. The van der Waals surface area contributed by atoms with Crippen molar-refractivity contribution in [3.05, 3.63) is 65.2 Å². The van der Waals surface area contributed by atoms with Gasteiger partial charge in [0.25, 0.3) is 6.43 Å². The Morgan fingerprint density at radius 2 is 1.81 bits per heavy atom. The summed E-state index contributed by atoms with van der Waals surface area (Å²) in [4.78, 5) is 16.5. The monoisotopic (exact) mass is 363 g/mol. The maximum atomic E-state index is 12.9. The Morgan fingerprint density at radius 1 is 1.04 bits per heavy atom. The normalized spacial score (nSPS) is 14.1. The second-order valence-electron chi connectivity index (χ2n) is 5.53. The van der Waals surface area contributed by atoms with E-state index in [1.54, 1.807) is 30.3 Å². The topological polar surface area (TPSA) is 38.7 Å². The summed E-state index contributed by atoms with van der Waals surface area (Å²) in [6, 6.07) is 10.4. The number of hydrogen-bond donors (Lipinski definition) is 0. The lowest BCUT2D eigenvalue weighted by molar-refractivity contribution is -0.0519. The number of nitrogens with zero attached hydrogens (tertiary/aromatic N) is 1. The minimum Gasteiger partial charge on any atom is -0.434 e. The fourth-order valence-corrected chi connectivity index (χ4v) is 2.58. The van der Waals surface area contributed by atoms with Crippen molar-refractivity contribution < 1.29 is 27.1 Å². The molecule has 0 aliphatic carbocycles. The molecule has 3 rings (SSSR count). The minimum atomic E-state index is -3.21. The first-order valence-corrected chi connectivity index (χ1v) is 7.69. The molecular formula is C19H13F4NO2. The Hall–Kier alpha value is -2.96. The van der Waals surface area contributed by atoms with Crippen molar-refractivity contribution in [3.8, 4) is 5.75 Å². The molecule has 2 aromatic rings.